The lowest BCUT2D eigenvalue weighted by Gasteiger charge is -2.18. The number of nitro groups is 1. The van der Waals surface area contributed by atoms with Gasteiger partial charge < -0.3 is 0 Å². The Bertz CT molecular complexity index is 759. The van der Waals surface area contributed by atoms with Crippen LogP contribution in [0.3, 0.4) is 0 Å². The molecule has 24 heavy (non-hydrogen) atoms. The van der Waals surface area contributed by atoms with Crippen LogP contribution in [-0.2, 0) is 12.8 Å². The van der Waals surface area contributed by atoms with Crippen LogP contribution in [0.1, 0.15) is 33.8 Å². The number of nitro benzene ring substituents is 1. The molecule has 0 spiro atoms. The highest BCUT2D eigenvalue weighted by Crippen LogP contribution is 2.32. The van der Waals surface area contributed by atoms with Gasteiger partial charge in [0.1, 0.15) is 0 Å². The van der Waals surface area contributed by atoms with E-state index in [-0.39, 0.29) is 11.6 Å². The van der Waals surface area contributed by atoms with Gasteiger partial charge in [-0.15, -0.1) is 17.9 Å². The van der Waals surface area contributed by atoms with Crippen LogP contribution in [0, 0.1) is 10.1 Å². The second-order valence-electron chi connectivity index (χ2n) is 5.58. The Hall–Kier alpha value is -2.54. The Labute approximate surface area is 143 Å². The number of carbonyl (C=O) groups excluding carboxylic acids is 1. The second kappa shape index (κ2) is 6.92. The minimum atomic E-state index is -0.482. The summed E-state index contributed by atoms with van der Waals surface area (Å²) in [6, 6.07) is 5.63. The zero-order valence-corrected chi connectivity index (χ0v) is 13.9. The van der Waals surface area contributed by atoms with Crippen molar-refractivity contribution in [1.82, 2.24) is 4.98 Å². The summed E-state index contributed by atoms with van der Waals surface area (Å²) < 4.78 is 0. The van der Waals surface area contributed by atoms with Gasteiger partial charge in [0.2, 0.25) is 0 Å². The Morgan fingerprint density at radius 1 is 1.33 bits per heavy atom. The molecule has 1 heterocycles. The van der Waals surface area contributed by atoms with E-state index in [0.29, 0.717) is 17.2 Å². The SMILES string of the molecule is C=CCN(C(=O)c1ccc([N+](=O)[O-])cc1)c1nc2c(s1)CCCC2. The summed E-state index contributed by atoms with van der Waals surface area (Å²) in [7, 11) is 0. The van der Waals surface area contributed by atoms with Gasteiger partial charge >= 0.3 is 0 Å². The Morgan fingerprint density at radius 3 is 2.67 bits per heavy atom. The van der Waals surface area contributed by atoms with Gasteiger partial charge in [0.25, 0.3) is 11.6 Å². The van der Waals surface area contributed by atoms with Gasteiger partial charge in [0.15, 0.2) is 5.13 Å². The van der Waals surface area contributed by atoms with Crippen molar-refractivity contribution in [3.63, 3.8) is 0 Å². The first-order valence-electron chi connectivity index (χ1n) is 7.76. The van der Waals surface area contributed by atoms with E-state index in [0.717, 1.165) is 31.4 Å². The Morgan fingerprint density at radius 2 is 2.04 bits per heavy atom. The van der Waals surface area contributed by atoms with Crippen LogP contribution in [0.2, 0.25) is 0 Å². The predicted molar refractivity (Wildman–Crippen MR) is 93.7 cm³/mol. The van der Waals surface area contributed by atoms with Crippen LogP contribution in [-0.4, -0.2) is 22.4 Å². The lowest BCUT2D eigenvalue weighted by Crippen LogP contribution is -2.31. The third-order valence-corrected chi connectivity index (χ3v) is 5.13. The van der Waals surface area contributed by atoms with E-state index in [2.05, 4.69) is 11.6 Å². The smallest absolute Gasteiger partial charge is 0.269 e. The van der Waals surface area contributed by atoms with Gasteiger partial charge in [-0.2, -0.15) is 0 Å². The van der Waals surface area contributed by atoms with E-state index in [9.17, 15) is 14.9 Å². The van der Waals surface area contributed by atoms with E-state index in [1.165, 1.54) is 29.1 Å². The molecule has 0 unspecified atom stereocenters. The largest absolute Gasteiger partial charge is 0.280 e. The van der Waals surface area contributed by atoms with Crippen LogP contribution in [0.25, 0.3) is 0 Å². The molecule has 1 amide bonds. The fourth-order valence-electron chi connectivity index (χ4n) is 2.71. The Kier molecular flexibility index (Phi) is 4.71. The number of carbonyl (C=O) groups is 1. The van der Waals surface area contributed by atoms with Crippen LogP contribution in [0.15, 0.2) is 36.9 Å². The van der Waals surface area contributed by atoms with Gasteiger partial charge in [-0.3, -0.25) is 19.8 Å². The first-order chi connectivity index (χ1) is 11.6. The molecular formula is C17H17N3O3S. The number of hydrogen-bond acceptors (Lipinski definition) is 5. The summed E-state index contributed by atoms with van der Waals surface area (Å²) in [5, 5.41) is 11.4. The zero-order chi connectivity index (χ0) is 17.1. The van der Waals surface area contributed by atoms with Crippen molar-refractivity contribution in [2.75, 3.05) is 11.4 Å². The van der Waals surface area contributed by atoms with Crippen LogP contribution < -0.4 is 4.90 Å². The molecule has 0 aliphatic heterocycles. The molecule has 1 aromatic heterocycles. The van der Waals surface area contributed by atoms with Gasteiger partial charge in [-0.05, 0) is 37.8 Å². The van der Waals surface area contributed by atoms with E-state index < -0.39 is 4.92 Å². The van der Waals surface area contributed by atoms with Crippen LogP contribution in [0.4, 0.5) is 10.8 Å². The number of amides is 1. The molecule has 0 bridgehead atoms. The quantitative estimate of drug-likeness (QED) is 0.470. The molecule has 0 saturated heterocycles. The van der Waals surface area contributed by atoms with E-state index in [1.807, 2.05) is 0 Å². The molecule has 0 saturated carbocycles. The highest BCUT2D eigenvalue weighted by molar-refractivity contribution is 7.16. The Balaban J connectivity index is 1.89. The summed E-state index contributed by atoms with van der Waals surface area (Å²) in [5.41, 5.74) is 1.45. The molecule has 0 atom stereocenters. The number of hydrogen-bond donors (Lipinski definition) is 0. The molecule has 124 valence electrons. The number of anilines is 1. The second-order valence-corrected chi connectivity index (χ2v) is 6.64. The zero-order valence-electron chi connectivity index (χ0n) is 13.1. The maximum absolute atomic E-state index is 12.8. The van der Waals surface area contributed by atoms with Crippen LogP contribution in [0.5, 0.6) is 0 Å². The minimum Gasteiger partial charge on any atom is -0.280 e. The number of thiazole rings is 1. The summed E-state index contributed by atoms with van der Waals surface area (Å²) in [6.07, 6.45) is 5.92. The molecule has 3 rings (SSSR count). The van der Waals surface area contributed by atoms with Crippen molar-refractivity contribution in [2.24, 2.45) is 0 Å². The third kappa shape index (κ3) is 3.21. The first kappa shape index (κ1) is 16.3. The van der Waals surface area contributed by atoms with Crippen molar-refractivity contribution >= 4 is 28.1 Å². The number of non-ortho nitro benzene ring substituents is 1. The van der Waals surface area contributed by atoms with Crippen molar-refractivity contribution < 1.29 is 9.72 Å². The molecule has 2 aromatic rings. The van der Waals surface area contributed by atoms with Crippen molar-refractivity contribution in [3.05, 3.63) is 63.2 Å². The summed E-state index contributed by atoms with van der Waals surface area (Å²) in [5.74, 6) is -0.226. The number of aromatic nitrogens is 1. The molecular weight excluding hydrogens is 326 g/mol. The maximum atomic E-state index is 12.8. The van der Waals surface area contributed by atoms with Crippen molar-refractivity contribution in [2.45, 2.75) is 25.7 Å². The summed E-state index contributed by atoms with van der Waals surface area (Å²) >= 11 is 1.55. The van der Waals surface area contributed by atoms with Gasteiger partial charge in [-0.1, -0.05) is 6.08 Å². The topological polar surface area (TPSA) is 76.3 Å². The summed E-state index contributed by atoms with van der Waals surface area (Å²) in [6.45, 7) is 4.06. The van der Waals surface area contributed by atoms with Gasteiger partial charge in [0.05, 0.1) is 10.6 Å². The number of nitrogens with zero attached hydrogens (tertiary/aromatic N) is 3. The van der Waals surface area contributed by atoms with Gasteiger partial charge in [-0.25, -0.2) is 4.98 Å². The molecule has 0 radical (unpaired) electrons. The molecule has 1 aromatic carbocycles. The number of aryl methyl sites for hydroxylation is 2. The molecule has 1 aliphatic carbocycles. The highest BCUT2D eigenvalue weighted by atomic mass is 32.1. The lowest BCUT2D eigenvalue weighted by atomic mass is 10.0. The van der Waals surface area contributed by atoms with Crippen LogP contribution >= 0.6 is 11.3 Å². The number of benzene rings is 1. The normalized spacial score (nSPS) is 13.2. The van der Waals surface area contributed by atoms with E-state index >= 15 is 0 Å². The van der Waals surface area contributed by atoms with Crippen molar-refractivity contribution in [3.8, 4) is 0 Å². The maximum Gasteiger partial charge on any atom is 0.269 e. The molecule has 6 nitrogen and oxygen atoms in total. The average molecular weight is 343 g/mol. The molecule has 1 aliphatic rings. The lowest BCUT2D eigenvalue weighted by molar-refractivity contribution is -0.384. The predicted octanol–water partition coefficient (Wildman–Crippen LogP) is 3.76. The fraction of sp³-hybridized carbons (Fsp3) is 0.294. The monoisotopic (exact) mass is 343 g/mol. The fourth-order valence-corrected chi connectivity index (χ4v) is 3.87. The third-order valence-electron chi connectivity index (χ3n) is 3.95. The number of rotatable bonds is 5. The molecule has 0 fully saturated rings. The van der Waals surface area contributed by atoms with Gasteiger partial charge in [0, 0.05) is 29.1 Å². The highest BCUT2D eigenvalue weighted by Gasteiger charge is 2.23. The molecule has 0 N–H and O–H groups in total. The first-order valence-corrected chi connectivity index (χ1v) is 8.57. The summed E-state index contributed by atoms with van der Waals surface area (Å²) in [4.78, 5) is 30.5. The average Bonchev–Trinajstić information content (AvgIpc) is 3.03. The standard InChI is InChI=1S/C17H17N3O3S/c1-2-11-19(17-18-14-5-3-4-6-15(14)24-17)16(21)12-7-9-13(10-8-12)20(22)23/h2,7-10H,1,3-6,11H2. The van der Waals surface area contributed by atoms with E-state index in [4.69, 9.17) is 0 Å². The number of fused-ring (bicyclic) bond motifs is 1. The van der Waals surface area contributed by atoms with Crippen molar-refractivity contribution in [1.29, 1.82) is 0 Å². The minimum absolute atomic E-state index is 0.0356. The van der Waals surface area contributed by atoms with E-state index in [1.54, 1.807) is 22.3 Å². The molecule has 7 heteroatoms.